The molecule has 3 heterocycles. The first kappa shape index (κ1) is 14.7. The van der Waals surface area contributed by atoms with Crippen molar-refractivity contribution < 1.29 is 23.9 Å². The van der Waals surface area contributed by atoms with Crippen LogP contribution in [0.5, 0.6) is 11.5 Å². The van der Waals surface area contributed by atoms with Crippen molar-refractivity contribution >= 4 is 28.5 Å². The predicted octanol–water partition coefficient (Wildman–Crippen LogP) is 0.638. The Balaban J connectivity index is 1.97. The number of imidazole rings is 1. The minimum Gasteiger partial charge on any atom is -0.493 e. The van der Waals surface area contributed by atoms with Gasteiger partial charge in [0.1, 0.15) is 11.0 Å². The van der Waals surface area contributed by atoms with E-state index in [4.69, 9.17) is 14.3 Å². The van der Waals surface area contributed by atoms with Gasteiger partial charge in [0, 0.05) is 13.1 Å². The van der Waals surface area contributed by atoms with Gasteiger partial charge in [-0.25, -0.2) is 14.6 Å². The number of hydrogen-bond donors (Lipinski definition) is 0. The zero-order valence-corrected chi connectivity index (χ0v) is 13.2. The van der Waals surface area contributed by atoms with Gasteiger partial charge in [-0.2, -0.15) is 4.73 Å². The molecule has 8 heteroatoms. The van der Waals surface area contributed by atoms with E-state index in [9.17, 15) is 9.59 Å². The highest BCUT2D eigenvalue weighted by Crippen LogP contribution is 2.38. The molecule has 0 aliphatic carbocycles. The molecule has 0 N–H and O–H groups in total. The van der Waals surface area contributed by atoms with Gasteiger partial charge in [0.15, 0.2) is 11.6 Å². The van der Waals surface area contributed by atoms with Gasteiger partial charge in [-0.1, -0.05) is 6.08 Å². The zero-order valence-electron chi connectivity index (χ0n) is 13.2. The number of benzene rings is 1. The number of ether oxygens (including phenoxy) is 2. The van der Waals surface area contributed by atoms with E-state index in [-0.39, 0.29) is 5.75 Å². The highest BCUT2D eigenvalue weighted by molar-refractivity contribution is 6.31. The summed E-state index contributed by atoms with van der Waals surface area (Å²) in [5, 5.41) is 0. The second-order valence-electron chi connectivity index (χ2n) is 5.70. The summed E-state index contributed by atoms with van der Waals surface area (Å²) in [6, 6.07) is 3.37. The Morgan fingerprint density at radius 1 is 1.25 bits per heavy atom. The van der Waals surface area contributed by atoms with Crippen LogP contribution in [-0.4, -0.2) is 53.8 Å². The van der Waals surface area contributed by atoms with Crippen LogP contribution in [0.15, 0.2) is 18.2 Å². The molecular weight excluding hydrogens is 314 g/mol. The van der Waals surface area contributed by atoms with Crippen molar-refractivity contribution in [2.75, 3.05) is 27.2 Å². The molecule has 4 bridgehead atoms. The maximum Gasteiger partial charge on any atom is 0.442 e. The van der Waals surface area contributed by atoms with Crippen molar-refractivity contribution in [1.82, 2.24) is 14.6 Å². The molecule has 1 aromatic heterocycles. The first-order valence-corrected chi connectivity index (χ1v) is 7.50. The van der Waals surface area contributed by atoms with Crippen molar-refractivity contribution in [1.29, 1.82) is 0 Å². The Kier molecular flexibility index (Phi) is 3.27. The van der Waals surface area contributed by atoms with E-state index in [0.29, 0.717) is 22.6 Å². The minimum absolute atomic E-state index is 0.130. The third-order valence-corrected chi connectivity index (χ3v) is 4.16. The van der Waals surface area contributed by atoms with Crippen LogP contribution >= 0.6 is 0 Å². The van der Waals surface area contributed by atoms with Crippen LogP contribution < -0.4 is 14.3 Å². The number of carbonyl (C=O) groups is 2. The molecule has 0 saturated carbocycles. The summed E-state index contributed by atoms with van der Waals surface area (Å²) in [5.41, 5.74) is 1.92. The fourth-order valence-electron chi connectivity index (χ4n) is 2.86. The summed E-state index contributed by atoms with van der Waals surface area (Å²) in [4.78, 5) is 35.7. The number of hydrogen-bond acceptors (Lipinski definition) is 7. The Hall–Kier alpha value is -2.87. The van der Waals surface area contributed by atoms with E-state index >= 15 is 0 Å². The van der Waals surface area contributed by atoms with Gasteiger partial charge in [0.2, 0.25) is 5.75 Å². The lowest BCUT2D eigenvalue weighted by Crippen LogP contribution is -2.33. The number of aromatic nitrogens is 2. The molecule has 24 heavy (non-hydrogen) atoms. The lowest BCUT2D eigenvalue weighted by molar-refractivity contribution is -0.162. The van der Waals surface area contributed by atoms with Crippen LogP contribution in [0.25, 0.3) is 16.6 Å². The lowest BCUT2D eigenvalue weighted by Gasteiger charge is -2.21. The Labute approximate surface area is 137 Å². The molecule has 0 atom stereocenters. The first-order chi connectivity index (χ1) is 11.6. The maximum absolute atomic E-state index is 11.9. The van der Waals surface area contributed by atoms with Gasteiger partial charge >= 0.3 is 11.9 Å². The quantitative estimate of drug-likeness (QED) is 0.454. The standard InChI is InChI=1S/C16H15N3O5/c1-18-7-5-9(6-8-18)14-17-12-10-3-4-11(22-2)13(12)23-15(20)16(21)24-19(10)14/h3-5H,6-8H2,1-2H3. The number of nitrogens with zero attached hydrogens (tertiary/aromatic N) is 3. The van der Waals surface area contributed by atoms with Gasteiger partial charge in [0.25, 0.3) is 0 Å². The van der Waals surface area contributed by atoms with Crippen molar-refractivity contribution in [3.63, 3.8) is 0 Å². The maximum atomic E-state index is 11.9. The summed E-state index contributed by atoms with van der Waals surface area (Å²) in [6.07, 6.45) is 2.80. The number of methoxy groups -OCH3 is 1. The van der Waals surface area contributed by atoms with Gasteiger partial charge in [-0.05, 0) is 31.2 Å². The molecule has 2 aliphatic heterocycles. The molecule has 2 aliphatic rings. The highest BCUT2D eigenvalue weighted by Gasteiger charge is 2.31. The van der Waals surface area contributed by atoms with Crippen molar-refractivity contribution in [2.24, 2.45) is 0 Å². The van der Waals surface area contributed by atoms with Gasteiger partial charge in [0.05, 0.1) is 7.11 Å². The largest absolute Gasteiger partial charge is 0.493 e. The fourth-order valence-corrected chi connectivity index (χ4v) is 2.86. The second-order valence-corrected chi connectivity index (χ2v) is 5.70. The van der Waals surface area contributed by atoms with E-state index < -0.39 is 11.9 Å². The van der Waals surface area contributed by atoms with Crippen molar-refractivity contribution in [2.45, 2.75) is 6.42 Å². The number of carbonyl (C=O) groups excluding carboxylic acids is 2. The molecule has 4 rings (SSSR count). The van der Waals surface area contributed by atoms with Crippen molar-refractivity contribution in [3.05, 3.63) is 24.0 Å². The third-order valence-electron chi connectivity index (χ3n) is 4.16. The summed E-state index contributed by atoms with van der Waals surface area (Å²) >= 11 is 0. The predicted molar refractivity (Wildman–Crippen MR) is 83.6 cm³/mol. The third kappa shape index (κ3) is 2.15. The summed E-state index contributed by atoms with van der Waals surface area (Å²) in [5.74, 6) is -1.24. The van der Waals surface area contributed by atoms with E-state index in [1.165, 1.54) is 11.8 Å². The molecule has 0 saturated heterocycles. The number of likely N-dealkylation sites (N-methyl/N-ethyl adjacent to an activating group) is 1. The van der Waals surface area contributed by atoms with Crippen molar-refractivity contribution in [3.8, 4) is 11.5 Å². The van der Waals surface area contributed by atoms with E-state index in [2.05, 4.69) is 9.88 Å². The van der Waals surface area contributed by atoms with Crippen LogP contribution in [-0.2, 0) is 9.59 Å². The van der Waals surface area contributed by atoms with Crippen LogP contribution in [0, 0.1) is 0 Å². The van der Waals surface area contributed by atoms with E-state index in [1.807, 2.05) is 13.1 Å². The monoisotopic (exact) mass is 329 g/mol. The molecule has 2 aromatic rings. The molecule has 0 unspecified atom stereocenters. The van der Waals surface area contributed by atoms with Crippen LogP contribution in [0.4, 0.5) is 0 Å². The molecular formula is C16H15N3O5. The first-order valence-electron chi connectivity index (χ1n) is 7.50. The summed E-state index contributed by atoms with van der Waals surface area (Å²) in [7, 11) is 3.49. The molecule has 124 valence electrons. The van der Waals surface area contributed by atoms with Crippen LogP contribution in [0.3, 0.4) is 0 Å². The van der Waals surface area contributed by atoms with Crippen LogP contribution in [0.1, 0.15) is 12.2 Å². The topological polar surface area (TPSA) is 82.9 Å². The van der Waals surface area contributed by atoms with E-state index in [1.54, 1.807) is 12.1 Å². The minimum atomic E-state index is -1.11. The summed E-state index contributed by atoms with van der Waals surface area (Å²) in [6.45, 7) is 1.65. The molecule has 8 nitrogen and oxygen atoms in total. The Morgan fingerprint density at radius 2 is 2.08 bits per heavy atom. The smallest absolute Gasteiger partial charge is 0.442 e. The average molecular weight is 329 g/mol. The fraction of sp³-hybridized carbons (Fsp3) is 0.312. The number of rotatable bonds is 2. The second kappa shape index (κ2) is 5.34. The Bertz CT molecular complexity index is 899. The molecule has 0 radical (unpaired) electrons. The summed E-state index contributed by atoms with van der Waals surface area (Å²) < 4.78 is 11.7. The molecule has 1 aromatic carbocycles. The Morgan fingerprint density at radius 3 is 2.79 bits per heavy atom. The van der Waals surface area contributed by atoms with E-state index in [0.717, 1.165) is 25.1 Å². The average Bonchev–Trinajstić information content (AvgIpc) is 2.96. The van der Waals surface area contributed by atoms with Gasteiger partial charge in [-0.15, -0.1) is 0 Å². The normalized spacial score (nSPS) is 18.0. The zero-order chi connectivity index (χ0) is 16.8. The molecule has 0 fully saturated rings. The molecule has 0 amide bonds. The SMILES string of the molecule is COc1ccc2c3nc(C4=CCN(C)CC4)n2OC(=O)C(=O)Oc13. The van der Waals surface area contributed by atoms with Gasteiger partial charge < -0.3 is 19.2 Å². The van der Waals surface area contributed by atoms with Gasteiger partial charge in [-0.3, -0.25) is 0 Å². The number of esters is 1. The molecule has 0 spiro atoms. The van der Waals surface area contributed by atoms with Crippen LogP contribution in [0.2, 0.25) is 0 Å². The lowest BCUT2D eigenvalue weighted by atomic mass is 10.1. The highest BCUT2D eigenvalue weighted by atomic mass is 16.7.